The molecule has 1 aromatic rings. The molecule has 22 heavy (non-hydrogen) atoms. The predicted octanol–water partition coefficient (Wildman–Crippen LogP) is 2.37. The van der Waals surface area contributed by atoms with E-state index in [4.69, 9.17) is 0 Å². The number of aryl methyl sites for hydroxylation is 1. The van der Waals surface area contributed by atoms with Crippen LogP contribution in [0.2, 0.25) is 0 Å². The zero-order valence-electron chi connectivity index (χ0n) is 12.9. The van der Waals surface area contributed by atoms with E-state index in [2.05, 4.69) is 16.5 Å². The Hall–Kier alpha value is -1.66. The van der Waals surface area contributed by atoms with Crippen molar-refractivity contribution in [2.45, 2.75) is 44.1 Å². The van der Waals surface area contributed by atoms with Crippen LogP contribution in [0.15, 0.2) is 46.9 Å². The van der Waals surface area contributed by atoms with Gasteiger partial charge in [-0.25, -0.2) is 4.83 Å². The molecule has 2 rings (SSSR count). The highest BCUT2D eigenvalue weighted by molar-refractivity contribution is 7.89. The minimum Gasteiger partial charge on any atom is -0.392 e. The van der Waals surface area contributed by atoms with Gasteiger partial charge in [-0.15, -0.1) is 6.58 Å². The van der Waals surface area contributed by atoms with Crippen molar-refractivity contribution < 1.29 is 13.5 Å². The van der Waals surface area contributed by atoms with Gasteiger partial charge in [-0.3, -0.25) is 0 Å². The second kappa shape index (κ2) is 6.22. The Morgan fingerprint density at radius 3 is 2.64 bits per heavy atom. The van der Waals surface area contributed by atoms with Gasteiger partial charge in [0.15, 0.2) is 0 Å². The zero-order valence-corrected chi connectivity index (χ0v) is 13.7. The van der Waals surface area contributed by atoms with Crippen LogP contribution in [0.3, 0.4) is 0 Å². The van der Waals surface area contributed by atoms with Crippen LogP contribution in [0.25, 0.3) is 0 Å². The third-order valence-electron chi connectivity index (χ3n) is 4.26. The van der Waals surface area contributed by atoms with Crippen LogP contribution < -0.4 is 4.83 Å². The monoisotopic (exact) mass is 322 g/mol. The van der Waals surface area contributed by atoms with Gasteiger partial charge in [0.1, 0.15) is 0 Å². The number of aliphatic hydroxyl groups excluding tert-OH is 1. The third-order valence-corrected chi connectivity index (χ3v) is 5.49. The minimum absolute atomic E-state index is 0.166. The number of benzene rings is 1. The fraction of sp³-hybridized carbons (Fsp3) is 0.438. The minimum atomic E-state index is -3.71. The van der Waals surface area contributed by atoms with Crippen LogP contribution in [-0.4, -0.2) is 25.3 Å². The molecule has 5 nitrogen and oxygen atoms in total. The molecule has 120 valence electrons. The molecule has 2 N–H and O–H groups in total. The van der Waals surface area contributed by atoms with Crippen LogP contribution in [0.1, 0.15) is 31.7 Å². The Kier molecular flexibility index (Phi) is 4.72. The molecular formula is C16H22N2O3S. The molecule has 0 bridgehead atoms. The van der Waals surface area contributed by atoms with Crippen LogP contribution in [0.5, 0.6) is 0 Å². The third kappa shape index (κ3) is 3.23. The number of rotatable bonds is 4. The summed E-state index contributed by atoms with van der Waals surface area (Å²) < 4.78 is 24.5. The summed E-state index contributed by atoms with van der Waals surface area (Å²) in [4.78, 5) is 2.44. The molecule has 0 amide bonds. The van der Waals surface area contributed by atoms with Gasteiger partial charge < -0.3 is 5.11 Å². The lowest BCUT2D eigenvalue weighted by molar-refractivity contribution is 0.0883. The van der Waals surface area contributed by atoms with Crippen LogP contribution >= 0.6 is 0 Å². The molecule has 1 aromatic carbocycles. The van der Waals surface area contributed by atoms with Gasteiger partial charge in [0.2, 0.25) is 0 Å². The molecule has 0 saturated heterocycles. The summed E-state index contributed by atoms with van der Waals surface area (Å²) in [5.74, 6) is 0. The standard InChI is InChI=1S/C16H22N2O3S/c1-4-16(3)14(6-5-7-15(16)19)17-18-22(20,21)13-10-8-12(2)9-11-13/h4,8-11,15,18-19H,1,5-7H2,2-3H3/b17-14-/t15-,16+/m0/s1. The smallest absolute Gasteiger partial charge is 0.276 e. The van der Waals surface area contributed by atoms with Crippen molar-refractivity contribution in [2.75, 3.05) is 0 Å². The summed E-state index contributed by atoms with van der Waals surface area (Å²) >= 11 is 0. The van der Waals surface area contributed by atoms with Crippen molar-refractivity contribution in [1.82, 2.24) is 4.83 Å². The highest BCUT2D eigenvalue weighted by atomic mass is 32.2. The lowest BCUT2D eigenvalue weighted by Crippen LogP contribution is -2.42. The first-order valence-corrected chi connectivity index (χ1v) is 8.75. The van der Waals surface area contributed by atoms with E-state index in [1.807, 2.05) is 13.8 Å². The summed E-state index contributed by atoms with van der Waals surface area (Å²) in [6.07, 6.45) is 3.11. The maximum atomic E-state index is 12.3. The molecule has 1 aliphatic carbocycles. The van der Waals surface area contributed by atoms with Gasteiger partial charge in [0.25, 0.3) is 10.0 Å². The number of nitrogens with zero attached hydrogens (tertiary/aromatic N) is 1. The van der Waals surface area contributed by atoms with E-state index in [0.29, 0.717) is 18.6 Å². The van der Waals surface area contributed by atoms with E-state index in [-0.39, 0.29) is 4.90 Å². The van der Waals surface area contributed by atoms with Gasteiger partial charge in [-0.2, -0.15) is 13.5 Å². The van der Waals surface area contributed by atoms with E-state index < -0.39 is 21.5 Å². The number of nitrogens with one attached hydrogen (secondary N) is 1. The molecule has 0 heterocycles. The number of hydrazone groups is 1. The zero-order chi connectivity index (χ0) is 16.4. The van der Waals surface area contributed by atoms with Crippen LogP contribution in [0.4, 0.5) is 0 Å². The summed E-state index contributed by atoms with van der Waals surface area (Å²) in [6.45, 7) is 7.47. The van der Waals surface area contributed by atoms with Gasteiger partial charge in [-0.1, -0.05) is 23.8 Å². The predicted molar refractivity (Wildman–Crippen MR) is 87.1 cm³/mol. The van der Waals surface area contributed by atoms with Gasteiger partial charge >= 0.3 is 0 Å². The van der Waals surface area contributed by atoms with Crippen LogP contribution in [-0.2, 0) is 10.0 Å². The Labute approximate surface area is 131 Å². The molecular weight excluding hydrogens is 300 g/mol. The van der Waals surface area contributed by atoms with E-state index in [1.165, 1.54) is 0 Å². The molecule has 0 unspecified atom stereocenters. The van der Waals surface area contributed by atoms with Crippen molar-refractivity contribution in [3.8, 4) is 0 Å². The molecule has 1 fully saturated rings. The highest BCUT2D eigenvalue weighted by Gasteiger charge is 2.38. The average Bonchev–Trinajstić information content (AvgIpc) is 2.49. The van der Waals surface area contributed by atoms with Gasteiger partial charge in [0, 0.05) is 0 Å². The summed E-state index contributed by atoms with van der Waals surface area (Å²) in [5, 5.41) is 14.2. The van der Waals surface area contributed by atoms with Gasteiger partial charge in [-0.05, 0) is 45.2 Å². The Morgan fingerprint density at radius 1 is 1.41 bits per heavy atom. The SMILES string of the molecule is C=C[C@]1(C)/C(=N\NS(=O)(=O)c2ccc(C)cc2)CCC[C@@H]1O. The average molecular weight is 322 g/mol. The highest BCUT2D eigenvalue weighted by Crippen LogP contribution is 2.35. The quantitative estimate of drug-likeness (QED) is 0.660. The number of hydrogen-bond acceptors (Lipinski definition) is 4. The Morgan fingerprint density at radius 2 is 2.05 bits per heavy atom. The molecule has 0 aromatic heterocycles. The van der Waals surface area contributed by atoms with Crippen molar-refractivity contribution in [1.29, 1.82) is 0 Å². The molecule has 6 heteroatoms. The first-order valence-electron chi connectivity index (χ1n) is 7.27. The maximum Gasteiger partial charge on any atom is 0.276 e. The van der Waals surface area contributed by atoms with Crippen LogP contribution in [0, 0.1) is 12.3 Å². The molecule has 0 radical (unpaired) electrons. The molecule has 0 aliphatic heterocycles. The fourth-order valence-corrected chi connectivity index (χ4v) is 3.37. The van der Waals surface area contributed by atoms with Gasteiger partial charge in [0.05, 0.1) is 22.1 Å². The topological polar surface area (TPSA) is 78.8 Å². The number of sulfonamides is 1. The van der Waals surface area contributed by atoms with Crippen molar-refractivity contribution in [3.05, 3.63) is 42.5 Å². The first-order chi connectivity index (χ1) is 10.3. The molecule has 0 spiro atoms. The van der Waals surface area contributed by atoms with Crippen molar-refractivity contribution >= 4 is 15.7 Å². The Balaban J connectivity index is 2.26. The summed E-state index contributed by atoms with van der Waals surface area (Å²) in [7, 11) is -3.71. The first kappa shape index (κ1) is 16.7. The fourth-order valence-electron chi connectivity index (χ4n) is 2.54. The van der Waals surface area contributed by atoms with Crippen molar-refractivity contribution in [3.63, 3.8) is 0 Å². The van der Waals surface area contributed by atoms with E-state index >= 15 is 0 Å². The molecule has 1 saturated carbocycles. The number of aliphatic hydroxyl groups is 1. The molecule has 1 aliphatic rings. The summed E-state index contributed by atoms with van der Waals surface area (Å²) in [6, 6.07) is 6.56. The van der Waals surface area contributed by atoms with E-state index in [9.17, 15) is 13.5 Å². The second-order valence-corrected chi connectivity index (χ2v) is 7.52. The normalized spacial score (nSPS) is 27.6. The maximum absolute atomic E-state index is 12.3. The number of hydrogen-bond donors (Lipinski definition) is 2. The lowest BCUT2D eigenvalue weighted by atomic mass is 9.72. The van der Waals surface area contributed by atoms with E-state index in [0.717, 1.165) is 12.0 Å². The summed E-state index contributed by atoms with van der Waals surface area (Å²) in [5.41, 5.74) is 0.894. The van der Waals surface area contributed by atoms with E-state index in [1.54, 1.807) is 30.3 Å². The molecule has 2 atom stereocenters. The second-order valence-electron chi connectivity index (χ2n) is 5.86. The largest absolute Gasteiger partial charge is 0.392 e. The lowest BCUT2D eigenvalue weighted by Gasteiger charge is -2.36. The Bertz CT molecular complexity index is 680. The van der Waals surface area contributed by atoms with Crippen molar-refractivity contribution in [2.24, 2.45) is 10.5 Å².